The number of unbranched alkanes of at least 4 members (excludes halogenated alkanes) is 4. The van der Waals surface area contributed by atoms with Gasteiger partial charge in [0.2, 0.25) is 0 Å². The minimum Gasteiger partial charge on any atom is -0.466 e. The van der Waals surface area contributed by atoms with Crippen molar-refractivity contribution in [3.8, 4) is 11.8 Å². The number of carbonyl (C=O) groups excluding carboxylic acids is 1. The zero-order chi connectivity index (χ0) is 13.6. The molecule has 0 aliphatic rings. The molecule has 2 nitrogen and oxygen atoms in total. The van der Waals surface area contributed by atoms with E-state index in [9.17, 15) is 4.79 Å². The molecule has 1 unspecified atom stereocenters. The Bertz CT molecular complexity index is 260. The van der Waals surface area contributed by atoms with E-state index in [1.165, 1.54) is 25.7 Å². The highest BCUT2D eigenvalue weighted by atomic mass is 16.5. The van der Waals surface area contributed by atoms with E-state index in [-0.39, 0.29) is 5.97 Å². The van der Waals surface area contributed by atoms with Crippen molar-refractivity contribution in [2.45, 2.75) is 72.1 Å². The Kier molecular flexibility index (Phi) is 11.8. The summed E-state index contributed by atoms with van der Waals surface area (Å²) in [5.74, 6) is 6.81. The number of rotatable bonds is 9. The third-order valence-corrected chi connectivity index (χ3v) is 2.83. The van der Waals surface area contributed by atoms with E-state index in [0.29, 0.717) is 18.9 Å². The third-order valence-electron chi connectivity index (χ3n) is 2.83. The number of carbonyl (C=O) groups is 1. The first-order valence-corrected chi connectivity index (χ1v) is 7.34. The molecule has 0 aromatic carbocycles. The first-order chi connectivity index (χ1) is 8.70. The van der Waals surface area contributed by atoms with Crippen LogP contribution < -0.4 is 0 Å². The summed E-state index contributed by atoms with van der Waals surface area (Å²) in [6.07, 6.45) is 8.51. The first kappa shape index (κ1) is 17.0. The third kappa shape index (κ3) is 11.5. The van der Waals surface area contributed by atoms with E-state index in [1.807, 2.05) is 6.92 Å². The molecule has 1 atom stereocenters. The molecule has 0 saturated heterocycles. The topological polar surface area (TPSA) is 26.3 Å². The standard InChI is InChI=1S/C16H28O2/c1-4-6-7-8-9-10-12-15(3)13-11-14-16(17)18-5-2/h15H,4-9,11,13-14H2,1-3H3. The average molecular weight is 252 g/mol. The summed E-state index contributed by atoms with van der Waals surface area (Å²) in [7, 11) is 0. The van der Waals surface area contributed by atoms with Crippen LogP contribution in [0.25, 0.3) is 0 Å². The van der Waals surface area contributed by atoms with Crippen LogP contribution in [0, 0.1) is 17.8 Å². The van der Waals surface area contributed by atoms with E-state index >= 15 is 0 Å². The smallest absolute Gasteiger partial charge is 0.305 e. The Hall–Kier alpha value is -0.970. The highest BCUT2D eigenvalue weighted by molar-refractivity contribution is 5.69. The van der Waals surface area contributed by atoms with Gasteiger partial charge in [0.15, 0.2) is 0 Å². The van der Waals surface area contributed by atoms with Crippen LogP contribution in [0.5, 0.6) is 0 Å². The molecule has 0 rings (SSSR count). The van der Waals surface area contributed by atoms with Gasteiger partial charge < -0.3 is 4.74 Å². The van der Waals surface area contributed by atoms with Gasteiger partial charge in [0.25, 0.3) is 0 Å². The maximum absolute atomic E-state index is 11.1. The molecular weight excluding hydrogens is 224 g/mol. The monoisotopic (exact) mass is 252 g/mol. The second-order valence-electron chi connectivity index (χ2n) is 4.73. The molecular formula is C16H28O2. The number of hydrogen-bond acceptors (Lipinski definition) is 2. The second kappa shape index (κ2) is 12.5. The van der Waals surface area contributed by atoms with Crippen LogP contribution in [0.3, 0.4) is 0 Å². The highest BCUT2D eigenvalue weighted by Gasteiger charge is 2.03. The van der Waals surface area contributed by atoms with Crippen molar-refractivity contribution in [1.82, 2.24) is 0 Å². The number of esters is 1. The minimum atomic E-state index is -0.0859. The summed E-state index contributed by atoms with van der Waals surface area (Å²) in [6.45, 7) is 6.66. The zero-order valence-electron chi connectivity index (χ0n) is 12.3. The minimum absolute atomic E-state index is 0.0859. The van der Waals surface area contributed by atoms with E-state index in [0.717, 1.165) is 19.3 Å². The van der Waals surface area contributed by atoms with Crippen LogP contribution in [0.4, 0.5) is 0 Å². The van der Waals surface area contributed by atoms with Crippen molar-refractivity contribution in [2.75, 3.05) is 6.61 Å². The summed E-state index contributed by atoms with van der Waals surface area (Å²) >= 11 is 0. The van der Waals surface area contributed by atoms with Crippen LogP contribution >= 0.6 is 0 Å². The van der Waals surface area contributed by atoms with Crippen molar-refractivity contribution < 1.29 is 9.53 Å². The van der Waals surface area contributed by atoms with Gasteiger partial charge in [-0.1, -0.05) is 33.1 Å². The molecule has 0 aliphatic heterocycles. The normalized spacial score (nSPS) is 11.5. The molecule has 0 bridgehead atoms. The molecule has 2 heteroatoms. The van der Waals surface area contributed by atoms with Crippen molar-refractivity contribution in [3.63, 3.8) is 0 Å². The van der Waals surface area contributed by atoms with Gasteiger partial charge in [-0.25, -0.2) is 0 Å². The molecule has 0 fully saturated rings. The van der Waals surface area contributed by atoms with E-state index in [2.05, 4.69) is 25.7 Å². The van der Waals surface area contributed by atoms with Gasteiger partial charge >= 0.3 is 5.97 Å². The van der Waals surface area contributed by atoms with Gasteiger partial charge in [-0.2, -0.15) is 0 Å². The largest absolute Gasteiger partial charge is 0.466 e. The molecule has 0 heterocycles. The van der Waals surface area contributed by atoms with Crippen molar-refractivity contribution in [2.24, 2.45) is 5.92 Å². The van der Waals surface area contributed by atoms with Crippen LogP contribution in [-0.2, 0) is 9.53 Å². The van der Waals surface area contributed by atoms with Gasteiger partial charge in [-0.3, -0.25) is 4.79 Å². The van der Waals surface area contributed by atoms with Crippen LogP contribution in [0.2, 0.25) is 0 Å². The molecule has 0 N–H and O–H groups in total. The highest BCUT2D eigenvalue weighted by Crippen LogP contribution is 2.08. The van der Waals surface area contributed by atoms with Crippen molar-refractivity contribution in [1.29, 1.82) is 0 Å². The van der Waals surface area contributed by atoms with E-state index in [4.69, 9.17) is 4.74 Å². The maximum Gasteiger partial charge on any atom is 0.305 e. The lowest BCUT2D eigenvalue weighted by atomic mass is 10.0. The van der Waals surface area contributed by atoms with Crippen molar-refractivity contribution >= 4 is 5.97 Å². The fourth-order valence-electron chi connectivity index (χ4n) is 1.74. The first-order valence-electron chi connectivity index (χ1n) is 7.34. The summed E-state index contributed by atoms with van der Waals surface area (Å²) in [4.78, 5) is 11.1. The van der Waals surface area contributed by atoms with Crippen LogP contribution in [0.15, 0.2) is 0 Å². The molecule has 0 aromatic heterocycles. The molecule has 0 aliphatic carbocycles. The molecule has 0 radical (unpaired) electrons. The lowest BCUT2D eigenvalue weighted by Crippen LogP contribution is -2.04. The Labute approximate surface area is 112 Å². The zero-order valence-corrected chi connectivity index (χ0v) is 12.3. The Balaban J connectivity index is 3.49. The predicted molar refractivity (Wildman–Crippen MR) is 76.2 cm³/mol. The SMILES string of the molecule is CCCCCCC#CC(C)CCCC(=O)OCC. The Morgan fingerprint density at radius 1 is 1.17 bits per heavy atom. The predicted octanol–water partition coefficient (Wildman–Crippen LogP) is 4.33. The fourth-order valence-corrected chi connectivity index (χ4v) is 1.74. The molecule has 104 valence electrons. The lowest BCUT2D eigenvalue weighted by Gasteiger charge is -2.03. The molecule has 18 heavy (non-hydrogen) atoms. The molecule has 0 amide bonds. The molecule has 0 saturated carbocycles. The maximum atomic E-state index is 11.1. The quantitative estimate of drug-likeness (QED) is 0.347. The lowest BCUT2D eigenvalue weighted by molar-refractivity contribution is -0.143. The summed E-state index contributed by atoms with van der Waals surface area (Å²) in [5.41, 5.74) is 0. The number of hydrogen-bond donors (Lipinski definition) is 0. The van der Waals surface area contributed by atoms with Gasteiger partial charge in [-0.15, -0.1) is 11.8 Å². The fraction of sp³-hybridized carbons (Fsp3) is 0.812. The second-order valence-corrected chi connectivity index (χ2v) is 4.73. The van der Waals surface area contributed by atoms with Gasteiger partial charge in [0, 0.05) is 18.8 Å². The molecule has 0 spiro atoms. The van der Waals surface area contributed by atoms with Gasteiger partial charge in [-0.05, 0) is 26.2 Å². The Morgan fingerprint density at radius 3 is 2.61 bits per heavy atom. The summed E-state index contributed by atoms with van der Waals surface area (Å²) in [6, 6.07) is 0. The van der Waals surface area contributed by atoms with E-state index < -0.39 is 0 Å². The summed E-state index contributed by atoms with van der Waals surface area (Å²) < 4.78 is 4.88. The summed E-state index contributed by atoms with van der Waals surface area (Å²) in [5, 5.41) is 0. The number of ether oxygens (including phenoxy) is 1. The van der Waals surface area contributed by atoms with Gasteiger partial charge in [0.05, 0.1) is 6.61 Å². The van der Waals surface area contributed by atoms with E-state index in [1.54, 1.807) is 0 Å². The van der Waals surface area contributed by atoms with Crippen molar-refractivity contribution in [3.05, 3.63) is 0 Å². The van der Waals surface area contributed by atoms with Crippen LogP contribution in [0.1, 0.15) is 72.1 Å². The molecule has 0 aromatic rings. The van der Waals surface area contributed by atoms with Crippen LogP contribution in [-0.4, -0.2) is 12.6 Å². The Morgan fingerprint density at radius 2 is 1.94 bits per heavy atom. The van der Waals surface area contributed by atoms with Gasteiger partial charge in [0.1, 0.15) is 0 Å². The average Bonchev–Trinajstić information content (AvgIpc) is 2.34.